The number of hydrogen-bond donors (Lipinski definition) is 0. The molecule has 0 saturated carbocycles. The van der Waals surface area contributed by atoms with Crippen molar-refractivity contribution in [1.29, 1.82) is 0 Å². The Bertz CT molecular complexity index is 584. The molecular weight excluding hydrogens is 263 g/mol. The van der Waals surface area contributed by atoms with E-state index in [9.17, 15) is 9.18 Å². The zero-order valence-electron chi connectivity index (χ0n) is 10.8. The van der Waals surface area contributed by atoms with Gasteiger partial charge in [-0.1, -0.05) is 29.3 Å². The standard InChI is InChI=1S/C16H14ClFO/c1-10-7-11(2)9-13(8-10)16(19)15(17)12-3-5-14(18)6-4-12/h3-9,15H,1-2H3. The molecule has 19 heavy (non-hydrogen) atoms. The van der Waals surface area contributed by atoms with Gasteiger partial charge in [0.2, 0.25) is 0 Å². The van der Waals surface area contributed by atoms with E-state index in [0.29, 0.717) is 11.1 Å². The number of ketones is 1. The molecule has 0 saturated heterocycles. The molecule has 1 atom stereocenters. The molecule has 0 aliphatic heterocycles. The molecule has 0 bridgehead atoms. The van der Waals surface area contributed by atoms with Crippen molar-refractivity contribution in [3.63, 3.8) is 0 Å². The monoisotopic (exact) mass is 276 g/mol. The third-order valence-electron chi connectivity index (χ3n) is 2.90. The number of hydrogen-bond acceptors (Lipinski definition) is 1. The molecule has 0 aliphatic carbocycles. The summed E-state index contributed by atoms with van der Waals surface area (Å²) < 4.78 is 12.9. The largest absolute Gasteiger partial charge is 0.292 e. The Hall–Kier alpha value is -1.67. The van der Waals surface area contributed by atoms with Crippen LogP contribution in [0.2, 0.25) is 0 Å². The van der Waals surface area contributed by atoms with Crippen molar-refractivity contribution in [2.45, 2.75) is 19.2 Å². The second kappa shape index (κ2) is 5.54. The number of alkyl halides is 1. The number of carbonyl (C=O) groups is 1. The van der Waals surface area contributed by atoms with Gasteiger partial charge in [-0.2, -0.15) is 0 Å². The Kier molecular flexibility index (Phi) is 4.01. The van der Waals surface area contributed by atoms with Crippen LogP contribution in [0.15, 0.2) is 42.5 Å². The van der Waals surface area contributed by atoms with Crippen LogP contribution < -0.4 is 0 Å². The Balaban J connectivity index is 2.30. The van der Waals surface area contributed by atoms with E-state index in [-0.39, 0.29) is 11.6 Å². The van der Waals surface area contributed by atoms with Crippen molar-refractivity contribution in [3.05, 3.63) is 70.5 Å². The second-order valence-corrected chi connectivity index (χ2v) is 5.09. The van der Waals surface area contributed by atoms with Gasteiger partial charge in [0.25, 0.3) is 0 Å². The second-order valence-electron chi connectivity index (χ2n) is 4.65. The zero-order chi connectivity index (χ0) is 14.0. The smallest absolute Gasteiger partial charge is 0.185 e. The van der Waals surface area contributed by atoms with Crippen LogP contribution in [0.1, 0.15) is 32.4 Å². The van der Waals surface area contributed by atoms with Crippen LogP contribution in [-0.4, -0.2) is 5.78 Å². The average Bonchev–Trinajstić information content (AvgIpc) is 2.37. The Morgan fingerprint density at radius 2 is 1.58 bits per heavy atom. The molecule has 0 fully saturated rings. The lowest BCUT2D eigenvalue weighted by Crippen LogP contribution is -2.08. The Labute approximate surface area is 117 Å². The van der Waals surface area contributed by atoms with Crippen LogP contribution in [0.3, 0.4) is 0 Å². The van der Waals surface area contributed by atoms with Crippen molar-refractivity contribution in [2.75, 3.05) is 0 Å². The summed E-state index contributed by atoms with van der Waals surface area (Å²) in [4.78, 5) is 12.3. The van der Waals surface area contributed by atoms with E-state index in [1.165, 1.54) is 24.3 Å². The van der Waals surface area contributed by atoms with Gasteiger partial charge in [-0.25, -0.2) is 4.39 Å². The maximum Gasteiger partial charge on any atom is 0.185 e. The van der Waals surface area contributed by atoms with Crippen LogP contribution in [-0.2, 0) is 0 Å². The van der Waals surface area contributed by atoms with Gasteiger partial charge in [-0.15, -0.1) is 11.6 Å². The molecule has 3 heteroatoms. The first-order valence-electron chi connectivity index (χ1n) is 5.99. The van der Waals surface area contributed by atoms with E-state index in [0.717, 1.165) is 11.1 Å². The van der Waals surface area contributed by atoms with E-state index < -0.39 is 5.38 Å². The molecule has 1 unspecified atom stereocenters. The fourth-order valence-electron chi connectivity index (χ4n) is 2.05. The zero-order valence-corrected chi connectivity index (χ0v) is 11.5. The summed E-state index contributed by atoms with van der Waals surface area (Å²) in [5.41, 5.74) is 3.23. The van der Waals surface area contributed by atoms with Crippen molar-refractivity contribution in [1.82, 2.24) is 0 Å². The number of aryl methyl sites for hydroxylation is 2. The molecule has 0 aliphatic rings. The number of Topliss-reactive ketones (excluding diaryl/α,β-unsaturated/α-hetero) is 1. The molecule has 0 radical (unpaired) electrons. The van der Waals surface area contributed by atoms with Crippen LogP contribution in [0.4, 0.5) is 4.39 Å². The summed E-state index contributed by atoms with van der Waals surface area (Å²) in [5, 5.41) is -0.790. The summed E-state index contributed by atoms with van der Waals surface area (Å²) in [7, 11) is 0. The van der Waals surface area contributed by atoms with Crippen molar-refractivity contribution < 1.29 is 9.18 Å². The lowest BCUT2D eigenvalue weighted by Gasteiger charge is -2.10. The molecule has 0 heterocycles. The maximum atomic E-state index is 12.9. The quantitative estimate of drug-likeness (QED) is 0.591. The summed E-state index contributed by atoms with van der Waals surface area (Å²) in [6, 6.07) is 11.3. The first-order chi connectivity index (χ1) is 8.97. The first kappa shape index (κ1) is 13.8. The van der Waals surface area contributed by atoms with E-state index >= 15 is 0 Å². The lowest BCUT2D eigenvalue weighted by molar-refractivity contribution is 0.0987. The highest BCUT2D eigenvalue weighted by molar-refractivity contribution is 6.33. The lowest BCUT2D eigenvalue weighted by atomic mass is 9.99. The normalized spacial score (nSPS) is 12.2. The van der Waals surface area contributed by atoms with Crippen molar-refractivity contribution >= 4 is 17.4 Å². The third kappa shape index (κ3) is 3.21. The highest BCUT2D eigenvalue weighted by Gasteiger charge is 2.19. The van der Waals surface area contributed by atoms with Gasteiger partial charge in [-0.3, -0.25) is 4.79 Å². The average molecular weight is 277 g/mol. The topological polar surface area (TPSA) is 17.1 Å². The third-order valence-corrected chi connectivity index (χ3v) is 3.35. The van der Waals surface area contributed by atoms with Crippen LogP contribution in [0.25, 0.3) is 0 Å². The first-order valence-corrected chi connectivity index (χ1v) is 6.43. The van der Waals surface area contributed by atoms with Crippen LogP contribution in [0, 0.1) is 19.7 Å². The van der Waals surface area contributed by atoms with E-state index in [4.69, 9.17) is 11.6 Å². The Morgan fingerprint density at radius 3 is 2.11 bits per heavy atom. The predicted octanol–water partition coefficient (Wildman–Crippen LogP) is 4.61. The Morgan fingerprint density at radius 1 is 1.05 bits per heavy atom. The minimum atomic E-state index is -0.790. The van der Waals surface area contributed by atoms with Gasteiger partial charge < -0.3 is 0 Å². The number of carbonyl (C=O) groups excluding carboxylic acids is 1. The van der Waals surface area contributed by atoms with Crippen LogP contribution in [0.5, 0.6) is 0 Å². The molecule has 2 rings (SSSR count). The summed E-state index contributed by atoms with van der Waals surface area (Å²) in [5.74, 6) is -0.508. The molecule has 0 aromatic heterocycles. The van der Waals surface area contributed by atoms with Gasteiger partial charge in [0.1, 0.15) is 11.2 Å². The molecule has 0 N–H and O–H groups in total. The minimum Gasteiger partial charge on any atom is -0.292 e. The predicted molar refractivity (Wildman–Crippen MR) is 75.2 cm³/mol. The highest BCUT2D eigenvalue weighted by Crippen LogP contribution is 2.26. The number of rotatable bonds is 3. The highest BCUT2D eigenvalue weighted by atomic mass is 35.5. The van der Waals surface area contributed by atoms with Gasteiger partial charge in [0.15, 0.2) is 5.78 Å². The number of halogens is 2. The molecular formula is C16H14ClFO. The molecule has 0 amide bonds. The molecule has 2 aromatic rings. The van der Waals surface area contributed by atoms with Crippen LogP contribution >= 0.6 is 11.6 Å². The summed E-state index contributed by atoms with van der Waals surface area (Å²) in [6.45, 7) is 3.87. The minimum absolute atomic E-state index is 0.167. The number of benzene rings is 2. The van der Waals surface area contributed by atoms with Crippen molar-refractivity contribution in [3.8, 4) is 0 Å². The molecule has 2 aromatic carbocycles. The van der Waals surface area contributed by atoms with E-state index in [2.05, 4.69) is 0 Å². The van der Waals surface area contributed by atoms with E-state index in [1.807, 2.05) is 32.0 Å². The van der Waals surface area contributed by atoms with Gasteiger partial charge in [-0.05, 0) is 43.7 Å². The van der Waals surface area contributed by atoms with Crippen molar-refractivity contribution in [2.24, 2.45) is 0 Å². The van der Waals surface area contributed by atoms with Gasteiger partial charge in [0, 0.05) is 5.56 Å². The summed E-state index contributed by atoms with van der Waals surface area (Å²) in [6.07, 6.45) is 0. The van der Waals surface area contributed by atoms with Gasteiger partial charge >= 0.3 is 0 Å². The summed E-state index contributed by atoms with van der Waals surface area (Å²) >= 11 is 6.18. The maximum absolute atomic E-state index is 12.9. The molecule has 98 valence electrons. The SMILES string of the molecule is Cc1cc(C)cc(C(=O)C(Cl)c2ccc(F)cc2)c1. The van der Waals surface area contributed by atoms with E-state index in [1.54, 1.807) is 0 Å². The fraction of sp³-hybridized carbons (Fsp3) is 0.188. The molecule has 1 nitrogen and oxygen atoms in total. The fourth-order valence-corrected chi connectivity index (χ4v) is 2.32. The van der Waals surface area contributed by atoms with Gasteiger partial charge in [0.05, 0.1) is 0 Å². The molecule has 0 spiro atoms.